The van der Waals surface area contributed by atoms with E-state index in [1.807, 2.05) is 20.8 Å². The third kappa shape index (κ3) is 3.77. The molecule has 0 spiro atoms. The van der Waals surface area contributed by atoms with E-state index in [1.54, 1.807) is 19.1 Å². The summed E-state index contributed by atoms with van der Waals surface area (Å²) in [6.45, 7) is 7.42. The topological polar surface area (TPSA) is 80.8 Å². The number of hydrogen-bond donors (Lipinski definition) is 2. The number of aromatic nitrogens is 2. The van der Waals surface area contributed by atoms with Crippen molar-refractivity contribution < 1.29 is 4.55 Å². The molecule has 0 bridgehead atoms. The van der Waals surface area contributed by atoms with Gasteiger partial charge in [0.05, 0.1) is 11.1 Å². The zero-order valence-electron chi connectivity index (χ0n) is 12.4. The van der Waals surface area contributed by atoms with Crippen LogP contribution in [0.2, 0.25) is 5.02 Å². The second-order valence-electron chi connectivity index (χ2n) is 5.87. The molecule has 0 aliphatic carbocycles. The number of halogens is 1. The minimum absolute atomic E-state index is 0.247. The Morgan fingerprint density at radius 3 is 2.71 bits per heavy atom. The van der Waals surface area contributed by atoms with Crippen LogP contribution >= 0.6 is 11.6 Å². The van der Waals surface area contributed by atoms with Gasteiger partial charge in [0, 0.05) is 28.5 Å². The van der Waals surface area contributed by atoms with Gasteiger partial charge < -0.3 is 9.54 Å². The fraction of sp³-hybridized carbons (Fsp3) is 0.429. The molecular formula is C14H18ClN3O2S. The van der Waals surface area contributed by atoms with E-state index >= 15 is 0 Å². The van der Waals surface area contributed by atoms with Crippen LogP contribution in [0.5, 0.6) is 0 Å². The summed E-state index contributed by atoms with van der Waals surface area (Å²) in [6, 6.07) is 3.11. The number of fused-ring (bicyclic) bond motifs is 1. The average molecular weight is 328 g/mol. The van der Waals surface area contributed by atoms with E-state index in [4.69, 9.17) is 11.6 Å². The van der Waals surface area contributed by atoms with Crippen molar-refractivity contribution in [2.45, 2.75) is 38.5 Å². The lowest BCUT2D eigenvalue weighted by atomic mass is 10.1. The molecule has 0 amide bonds. The van der Waals surface area contributed by atoms with Crippen LogP contribution in [-0.2, 0) is 11.4 Å². The van der Waals surface area contributed by atoms with E-state index in [9.17, 15) is 9.35 Å². The number of rotatable bonds is 3. The van der Waals surface area contributed by atoms with Crippen molar-refractivity contribution in [3.8, 4) is 0 Å². The molecule has 114 valence electrons. The highest BCUT2D eigenvalue weighted by Crippen LogP contribution is 2.20. The van der Waals surface area contributed by atoms with Gasteiger partial charge in [-0.2, -0.15) is 0 Å². The molecule has 0 aliphatic rings. The molecular weight excluding hydrogens is 310 g/mol. The van der Waals surface area contributed by atoms with Crippen LogP contribution in [0.1, 0.15) is 39.3 Å². The van der Waals surface area contributed by atoms with Crippen molar-refractivity contribution in [1.29, 1.82) is 0 Å². The van der Waals surface area contributed by atoms with Crippen molar-refractivity contribution in [3.05, 3.63) is 39.3 Å². The maximum atomic E-state index is 12.1. The maximum absolute atomic E-state index is 12.1. The van der Waals surface area contributed by atoms with Crippen molar-refractivity contribution in [2.24, 2.45) is 0 Å². The molecule has 5 nitrogen and oxygen atoms in total. The Labute approximate surface area is 131 Å². The van der Waals surface area contributed by atoms with Crippen LogP contribution in [0.3, 0.4) is 0 Å². The molecule has 0 saturated heterocycles. The van der Waals surface area contributed by atoms with Gasteiger partial charge in [0.1, 0.15) is 10.4 Å². The lowest BCUT2D eigenvalue weighted by molar-refractivity contribution is 0.530. The monoisotopic (exact) mass is 327 g/mol. The predicted octanol–water partition coefficient (Wildman–Crippen LogP) is 2.69. The Morgan fingerprint density at radius 1 is 1.43 bits per heavy atom. The minimum Gasteiger partial charge on any atom is -0.598 e. The first kappa shape index (κ1) is 16.3. The highest BCUT2D eigenvalue weighted by Gasteiger charge is 2.29. The van der Waals surface area contributed by atoms with Gasteiger partial charge in [0.15, 0.2) is 0 Å². The van der Waals surface area contributed by atoms with Gasteiger partial charge in [-0.05, 0) is 39.8 Å². The van der Waals surface area contributed by atoms with Crippen molar-refractivity contribution >= 4 is 34.0 Å². The first-order valence-electron chi connectivity index (χ1n) is 6.55. The number of pyridine rings is 2. The molecule has 2 aromatic rings. The molecule has 0 fully saturated rings. The molecule has 0 unspecified atom stereocenters. The van der Waals surface area contributed by atoms with Crippen molar-refractivity contribution in [3.63, 3.8) is 0 Å². The van der Waals surface area contributed by atoms with Crippen LogP contribution in [-0.4, -0.2) is 19.3 Å². The molecule has 2 atom stereocenters. The average Bonchev–Trinajstić information content (AvgIpc) is 2.37. The quantitative estimate of drug-likeness (QED) is 0.849. The summed E-state index contributed by atoms with van der Waals surface area (Å²) in [5, 5.41) is 1.24. The summed E-state index contributed by atoms with van der Waals surface area (Å²) < 4.78 is 14.7. The van der Waals surface area contributed by atoms with E-state index in [2.05, 4.69) is 14.7 Å². The van der Waals surface area contributed by atoms with Gasteiger partial charge in [-0.3, -0.25) is 4.79 Å². The summed E-state index contributed by atoms with van der Waals surface area (Å²) >= 11 is 4.66. The standard InChI is InChI=1S/C14H18ClN3O2S/c1-8(18-21(20)14(2,3)4)11-6-9-5-10(15)7-16-12(9)17-13(11)19/h5-8,18H,1-4H3,(H,16,17,19)/t8-,21+/m0/s1. The van der Waals surface area contributed by atoms with E-state index in [-0.39, 0.29) is 11.6 Å². The van der Waals surface area contributed by atoms with Crippen molar-refractivity contribution in [1.82, 2.24) is 14.7 Å². The fourth-order valence-corrected chi connectivity index (χ4v) is 2.77. The summed E-state index contributed by atoms with van der Waals surface area (Å²) in [5.74, 6) is 0. The molecule has 0 saturated carbocycles. The van der Waals surface area contributed by atoms with E-state index in [0.29, 0.717) is 16.2 Å². The molecule has 0 radical (unpaired) electrons. The highest BCUT2D eigenvalue weighted by atomic mass is 35.5. The highest BCUT2D eigenvalue weighted by molar-refractivity contribution is 7.90. The SMILES string of the molecule is C[C@H](N[S@+]([O-])C(C)(C)C)c1cc2cc(Cl)cnc2[nH]c1=O. The maximum Gasteiger partial charge on any atom is 0.254 e. The van der Waals surface area contributed by atoms with Crippen molar-refractivity contribution in [2.75, 3.05) is 0 Å². The zero-order chi connectivity index (χ0) is 15.8. The second-order valence-corrected chi connectivity index (χ2v) is 8.30. The number of hydrogen-bond acceptors (Lipinski definition) is 4. The number of aromatic amines is 1. The Kier molecular flexibility index (Phi) is 4.63. The minimum atomic E-state index is -1.26. The number of nitrogens with zero attached hydrogens (tertiary/aromatic N) is 1. The fourth-order valence-electron chi connectivity index (χ4n) is 1.80. The Hall–Kier alpha value is -1.08. The molecule has 2 N–H and O–H groups in total. The smallest absolute Gasteiger partial charge is 0.254 e. The zero-order valence-corrected chi connectivity index (χ0v) is 13.9. The van der Waals surface area contributed by atoms with Gasteiger partial charge >= 0.3 is 0 Å². The predicted molar refractivity (Wildman–Crippen MR) is 86.8 cm³/mol. The number of nitrogens with one attached hydrogen (secondary N) is 2. The number of H-pyrrole nitrogens is 1. The van der Waals surface area contributed by atoms with Gasteiger partial charge in [0.25, 0.3) is 5.56 Å². The van der Waals surface area contributed by atoms with Gasteiger partial charge in [-0.25, -0.2) is 4.98 Å². The molecule has 2 heterocycles. The first-order valence-corrected chi connectivity index (χ1v) is 8.08. The van der Waals surface area contributed by atoms with E-state index in [0.717, 1.165) is 5.39 Å². The molecule has 2 aromatic heterocycles. The summed E-state index contributed by atoms with van der Waals surface area (Å²) in [4.78, 5) is 18.9. The van der Waals surface area contributed by atoms with Crippen LogP contribution in [0.4, 0.5) is 0 Å². The largest absolute Gasteiger partial charge is 0.598 e. The van der Waals surface area contributed by atoms with Crippen LogP contribution in [0, 0.1) is 0 Å². The Morgan fingerprint density at radius 2 is 2.10 bits per heavy atom. The Balaban J connectivity index is 2.37. The van der Waals surface area contributed by atoms with Crippen LogP contribution in [0.25, 0.3) is 11.0 Å². The summed E-state index contributed by atoms with van der Waals surface area (Å²) in [7, 11) is 0. The van der Waals surface area contributed by atoms with Crippen LogP contribution in [0.15, 0.2) is 23.1 Å². The molecule has 7 heteroatoms. The van der Waals surface area contributed by atoms with Gasteiger partial charge in [0.2, 0.25) is 0 Å². The molecule has 21 heavy (non-hydrogen) atoms. The van der Waals surface area contributed by atoms with Crippen LogP contribution < -0.4 is 10.3 Å². The molecule has 2 rings (SSSR count). The molecule has 0 aliphatic heterocycles. The van der Waals surface area contributed by atoms with Gasteiger partial charge in [-0.1, -0.05) is 11.6 Å². The van der Waals surface area contributed by atoms with Gasteiger partial charge in [-0.15, -0.1) is 4.72 Å². The first-order chi connectivity index (χ1) is 9.68. The van der Waals surface area contributed by atoms with E-state index in [1.165, 1.54) is 6.20 Å². The molecule has 0 aromatic carbocycles. The lowest BCUT2D eigenvalue weighted by Gasteiger charge is -2.26. The lowest BCUT2D eigenvalue weighted by Crippen LogP contribution is -2.41. The summed E-state index contributed by atoms with van der Waals surface area (Å²) in [6.07, 6.45) is 1.48. The Bertz CT molecular complexity index is 711. The van der Waals surface area contributed by atoms with E-state index < -0.39 is 16.1 Å². The third-order valence-corrected chi connectivity index (χ3v) is 4.88. The third-order valence-electron chi connectivity index (χ3n) is 3.00. The summed E-state index contributed by atoms with van der Waals surface area (Å²) in [5.41, 5.74) is 0.740. The second kappa shape index (κ2) is 5.96. The normalized spacial score (nSPS) is 15.1.